The average Bonchev–Trinajstić information content (AvgIpc) is 2.12. The van der Waals surface area contributed by atoms with Gasteiger partial charge in [0.15, 0.2) is 0 Å². The van der Waals surface area contributed by atoms with Crippen molar-refractivity contribution in [3.8, 4) is 0 Å². The Morgan fingerprint density at radius 1 is 1.00 bits per heavy atom. The molecule has 1 aromatic rings. The smallest absolute Gasteiger partial charge is 0.339 e. The van der Waals surface area contributed by atoms with Gasteiger partial charge in [-0.2, -0.15) is 0 Å². The second-order valence-electron chi connectivity index (χ2n) is 5.64. The lowest BCUT2D eigenvalue weighted by atomic mass is 9.94. The van der Waals surface area contributed by atoms with Gasteiger partial charge in [-0.15, -0.1) is 0 Å². The zero-order chi connectivity index (χ0) is 13.4. The molecule has 0 N–H and O–H groups in total. The molecule has 0 unspecified atom stereocenters. The maximum Gasteiger partial charge on any atom is 0.339 e. The fourth-order valence-electron chi connectivity index (χ4n) is 1.85. The van der Waals surface area contributed by atoms with Crippen LogP contribution in [0, 0.1) is 27.7 Å². The van der Waals surface area contributed by atoms with Crippen LogP contribution < -0.4 is 0 Å². The van der Waals surface area contributed by atoms with Gasteiger partial charge in [0.2, 0.25) is 0 Å². The van der Waals surface area contributed by atoms with Gasteiger partial charge >= 0.3 is 5.97 Å². The van der Waals surface area contributed by atoms with Crippen LogP contribution in [0.2, 0.25) is 0 Å². The molecule has 0 amide bonds. The molecule has 0 spiro atoms. The van der Waals surface area contributed by atoms with Crippen LogP contribution in [0.4, 0.5) is 0 Å². The molecule has 0 saturated carbocycles. The number of carbonyl (C=O) groups excluding carboxylic acids is 1. The Kier molecular flexibility index (Phi) is 3.65. The predicted molar refractivity (Wildman–Crippen MR) is 70.6 cm³/mol. The molecule has 0 radical (unpaired) electrons. The number of carbonyl (C=O) groups is 1. The summed E-state index contributed by atoms with van der Waals surface area (Å²) in [6.45, 7) is 13.7. The monoisotopic (exact) mass is 234 g/mol. The Balaban J connectivity index is 3.27. The molecule has 94 valence electrons. The largest absolute Gasteiger partial charge is 0.456 e. The first-order chi connectivity index (χ1) is 7.63. The first-order valence-corrected chi connectivity index (χ1v) is 5.94. The number of esters is 1. The van der Waals surface area contributed by atoms with Crippen molar-refractivity contribution in [1.29, 1.82) is 0 Å². The Labute approximate surface area is 104 Å². The fourth-order valence-corrected chi connectivity index (χ4v) is 1.85. The maximum absolute atomic E-state index is 12.2. The van der Waals surface area contributed by atoms with Gasteiger partial charge in [-0.1, -0.05) is 6.07 Å². The zero-order valence-electron chi connectivity index (χ0n) is 11.9. The molecule has 0 bridgehead atoms. The molecule has 0 aromatic heterocycles. The van der Waals surface area contributed by atoms with Crippen molar-refractivity contribution in [2.75, 3.05) is 0 Å². The van der Waals surface area contributed by atoms with Crippen LogP contribution in [0.3, 0.4) is 0 Å². The van der Waals surface area contributed by atoms with Crippen LogP contribution in [0.15, 0.2) is 6.07 Å². The van der Waals surface area contributed by atoms with Crippen LogP contribution in [0.1, 0.15) is 53.4 Å². The summed E-state index contributed by atoms with van der Waals surface area (Å²) >= 11 is 0. The third-order valence-corrected chi connectivity index (χ3v) is 2.97. The highest BCUT2D eigenvalue weighted by Crippen LogP contribution is 2.24. The van der Waals surface area contributed by atoms with Crippen LogP contribution in [0.25, 0.3) is 0 Å². The molecule has 0 aliphatic heterocycles. The van der Waals surface area contributed by atoms with E-state index in [1.165, 1.54) is 0 Å². The van der Waals surface area contributed by atoms with Crippen molar-refractivity contribution in [2.24, 2.45) is 0 Å². The lowest BCUT2D eigenvalue weighted by Crippen LogP contribution is -2.25. The fraction of sp³-hybridized carbons (Fsp3) is 0.533. The van der Waals surface area contributed by atoms with E-state index in [9.17, 15) is 4.79 Å². The van der Waals surface area contributed by atoms with Crippen molar-refractivity contribution in [1.82, 2.24) is 0 Å². The van der Waals surface area contributed by atoms with E-state index >= 15 is 0 Å². The molecule has 0 heterocycles. The van der Waals surface area contributed by atoms with E-state index in [1.807, 2.05) is 48.5 Å². The number of ether oxygens (including phenoxy) is 1. The lowest BCUT2D eigenvalue weighted by molar-refractivity contribution is 0.00677. The van der Waals surface area contributed by atoms with E-state index in [0.717, 1.165) is 27.8 Å². The van der Waals surface area contributed by atoms with Gasteiger partial charge in [0.1, 0.15) is 5.60 Å². The van der Waals surface area contributed by atoms with Gasteiger partial charge in [0.05, 0.1) is 5.56 Å². The van der Waals surface area contributed by atoms with Gasteiger partial charge in [-0.25, -0.2) is 4.79 Å². The number of benzene rings is 1. The molecule has 2 nitrogen and oxygen atoms in total. The molecule has 0 saturated heterocycles. The first kappa shape index (κ1) is 13.8. The van der Waals surface area contributed by atoms with Gasteiger partial charge in [-0.3, -0.25) is 0 Å². The van der Waals surface area contributed by atoms with E-state index in [2.05, 4.69) is 6.07 Å². The minimum absolute atomic E-state index is 0.223. The summed E-state index contributed by atoms with van der Waals surface area (Å²) in [6.07, 6.45) is 0. The first-order valence-electron chi connectivity index (χ1n) is 5.94. The van der Waals surface area contributed by atoms with E-state index in [4.69, 9.17) is 4.74 Å². The molecule has 1 rings (SSSR count). The number of rotatable bonds is 1. The van der Waals surface area contributed by atoms with Crippen LogP contribution >= 0.6 is 0 Å². The van der Waals surface area contributed by atoms with E-state index in [0.29, 0.717) is 0 Å². The maximum atomic E-state index is 12.2. The summed E-state index contributed by atoms with van der Waals surface area (Å²) in [5.74, 6) is -0.223. The summed E-state index contributed by atoms with van der Waals surface area (Å²) in [5, 5.41) is 0. The molecule has 0 aliphatic carbocycles. The third kappa shape index (κ3) is 3.09. The van der Waals surface area contributed by atoms with Gasteiger partial charge < -0.3 is 4.74 Å². The van der Waals surface area contributed by atoms with Crippen molar-refractivity contribution in [3.63, 3.8) is 0 Å². The summed E-state index contributed by atoms with van der Waals surface area (Å²) in [6, 6.07) is 2.11. The second kappa shape index (κ2) is 4.52. The van der Waals surface area contributed by atoms with Gasteiger partial charge in [0, 0.05) is 0 Å². The van der Waals surface area contributed by atoms with Gasteiger partial charge in [-0.05, 0) is 70.7 Å². The summed E-state index contributed by atoms with van der Waals surface area (Å²) < 4.78 is 5.46. The molecule has 0 atom stereocenters. The molecule has 17 heavy (non-hydrogen) atoms. The van der Waals surface area contributed by atoms with Gasteiger partial charge in [0.25, 0.3) is 0 Å². The van der Waals surface area contributed by atoms with Crippen LogP contribution in [-0.4, -0.2) is 11.6 Å². The van der Waals surface area contributed by atoms with Crippen molar-refractivity contribution >= 4 is 5.97 Å². The Hall–Kier alpha value is -1.31. The standard InChI is InChI=1S/C15H22O2/c1-9-8-10(2)12(4)13(11(9)3)14(16)17-15(5,6)7/h8H,1-7H3. The minimum atomic E-state index is -0.451. The zero-order valence-corrected chi connectivity index (χ0v) is 11.9. The molecular weight excluding hydrogens is 212 g/mol. The molecular formula is C15H22O2. The summed E-state index contributed by atoms with van der Waals surface area (Å²) in [4.78, 5) is 12.2. The van der Waals surface area contributed by atoms with Crippen molar-refractivity contribution in [2.45, 2.75) is 54.1 Å². The summed E-state index contributed by atoms with van der Waals surface area (Å²) in [5.41, 5.74) is 4.57. The SMILES string of the molecule is Cc1cc(C)c(C)c(C(=O)OC(C)(C)C)c1C. The topological polar surface area (TPSA) is 26.3 Å². The highest BCUT2D eigenvalue weighted by atomic mass is 16.6. The van der Waals surface area contributed by atoms with E-state index < -0.39 is 5.60 Å². The second-order valence-corrected chi connectivity index (χ2v) is 5.64. The van der Waals surface area contributed by atoms with Crippen molar-refractivity contribution in [3.05, 3.63) is 33.9 Å². The van der Waals surface area contributed by atoms with Crippen LogP contribution in [-0.2, 0) is 4.74 Å². The lowest BCUT2D eigenvalue weighted by Gasteiger charge is -2.22. The Morgan fingerprint density at radius 2 is 1.41 bits per heavy atom. The molecule has 0 aliphatic rings. The quantitative estimate of drug-likeness (QED) is 0.689. The normalized spacial score (nSPS) is 11.5. The third-order valence-electron chi connectivity index (χ3n) is 2.97. The van der Waals surface area contributed by atoms with E-state index in [1.54, 1.807) is 0 Å². The van der Waals surface area contributed by atoms with E-state index in [-0.39, 0.29) is 5.97 Å². The average molecular weight is 234 g/mol. The van der Waals surface area contributed by atoms with Crippen LogP contribution in [0.5, 0.6) is 0 Å². The summed E-state index contributed by atoms with van der Waals surface area (Å²) in [7, 11) is 0. The highest BCUT2D eigenvalue weighted by Gasteiger charge is 2.22. The molecule has 2 heteroatoms. The number of hydrogen-bond acceptors (Lipinski definition) is 2. The Morgan fingerprint density at radius 3 is 1.76 bits per heavy atom. The molecule has 0 fully saturated rings. The minimum Gasteiger partial charge on any atom is -0.456 e. The Bertz CT molecular complexity index is 425. The molecule has 1 aromatic carbocycles. The number of hydrogen-bond donors (Lipinski definition) is 0. The number of aryl methyl sites for hydroxylation is 2. The van der Waals surface area contributed by atoms with Crippen molar-refractivity contribution < 1.29 is 9.53 Å². The highest BCUT2D eigenvalue weighted by molar-refractivity contribution is 5.93. The predicted octanol–water partition coefficient (Wildman–Crippen LogP) is 3.88.